The van der Waals surface area contributed by atoms with Crippen LogP contribution in [-0.2, 0) is 18.4 Å². The van der Waals surface area contributed by atoms with E-state index in [9.17, 15) is 19.4 Å². The first-order chi connectivity index (χ1) is 29.0. The SMILES string of the molecule is CCCCCCC/C=C\C/C=C\CCCCCCCCCCCCCCCCCCCCCCCC(=O)NC(COP(=O)([O-])OCC[N+](C)(C)C)C(O)CCCCCCC. The summed E-state index contributed by atoms with van der Waals surface area (Å²) in [5.74, 6) is -0.168. The number of phosphoric acid groups is 1. The second kappa shape index (κ2) is 43.2. The van der Waals surface area contributed by atoms with Crippen molar-refractivity contribution in [3.8, 4) is 0 Å². The van der Waals surface area contributed by atoms with Crippen molar-refractivity contribution < 1.29 is 32.9 Å². The minimum absolute atomic E-state index is 0.0132. The number of rotatable bonds is 47. The molecule has 0 aliphatic carbocycles. The van der Waals surface area contributed by atoms with Gasteiger partial charge in [0.2, 0.25) is 5.91 Å². The Hall–Kier alpha value is -1.02. The molecule has 0 bridgehead atoms. The summed E-state index contributed by atoms with van der Waals surface area (Å²) in [6.07, 6.45) is 52.7. The van der Waals surface area contributed by atoms with Gasteiger partial charge in [0.1, 0.15) is 13.2 Å². The summed E-state index contributed by atoms with van der Waals surface area (Å²) < 4.78 is 23.1. The van der Waals surface area contributed by atoms with Crippen LogP contribution in [0.4, 0.5) is 0 Å². The van der Waals surface area contributed by atoms with Crippen LogP contribution in [0.3, 0.4) is 0 Å². The average Bonchev–Trinajstić information content (AvgIpc) is 3.20. The highest BCUT2D eigenvalue weighted by atomic mass is 31.2. The molecule has 0 aliphatic rings. The van der Waals surface area contributed by atoms with Crippen LogP contribution in [0, 0.1) is 0 Å². The minimum Gasteiger partial charge on any atom is -0.756 e. The van der Waals surface area contributed by atoms with Gasteiger partial charge in [0, 0.05) is 6.42 Å². The van der Waals surface area contributed by atoms with Gasteiger partial charge in [0.25, 0.3) is 7.82 Å². The fourth-order valence-electron chi connectivity index (χ4n) is 7.60. The summed E-state index contributed by atoms with van der Waals surface area (Å²) in [7, 11) is 1.31. The third kappa shape index (κ3) is 45.0. The molecule has 0 rings (SSSR count). The highest BCUT2D eigenvalue weighted by Crippen LogP contribution is 2.38. The third-order valence-electron chi connectivity index (χ3n) is 11.7. The zero-order valence-electron chi connectivity index (χ0n) is 40.4. The van der Waals surface area contributed by atoms with E-state index in [1.54, 1.807) is 0 Å². The van der Waals surface area contributed by atoms with E-state index in [1.165, 1.54) is 161 Å². The van der Waals surface area contributed by atoms with Crippen molar-refractivity contribution in [1.82, 2.24) is 5.32 Å². The Morgan fingerprint density at radius 1 is 0.583 bits per heavy atom. The number of hydrogen-bond acceptors (Lipinski definition) is 6. The Labute approximate surface area is 373 Å². The van der Waals surface area contributed by atoms with Crippen LogP contribution in [0.15, 0.2) is 24.3 Å². The first-order valence-electron chi connectivity index (χ1n) is 25.7. The highest BCUT2D eigenvalue weighted by molar-refractivity contribution is 7.45. The number of nitrogens with one attached hydrogen (secondary N) is 1. The van der Waals surface area contributed by atoms with Crippen LogP contribution in [0.5, 0.6) is 0 Å². The molecule has 0 aliphatic heterocycles. The summed E-state index contributed by atoms with van der Waals surface area (Å²) in [4.78, 5) is 25.2. The molecule has 0 aromatic rings. The highest BCUT2D eigenvalue weighted by Gasteiger charge is 2.24. The predicted molar refractivity (Wildman–Crippen MR) is 256 cm³/mol. The largest absolute Gasteiger partial charge is 0.756 e. The number of quaternary nitrogens is 1. The van der Waals surface area contributed by atoms with Crippen molar-refractivity contribution in [2.45, 2.75) is 257 Å². The van der Waals surface area contributed by atoms with E-state index < -0.39 is 20.0 Å². The third-order valence-corrected chi connectivity index (χ3v) is 12.7. The maximum Gasteiger partial charge on any atom is 0.268 e. The fraction of sp³-hybridized carbons (Fsp3) is 0.902. The Kier molecular flexibility index (Phi) is 42.5. The molecule has 0 spiro atoms. The van der Waals surface area contributed by atoms with E-state index in [0.717, 1.165) is 57.8 Å². The summed E-state index contributed by atoms with van der Waals surface area (Å²) in [6.45, 7) is 4.63. The number of amides is 1. The van der Waals surface area contributed by atoms with Gasteiger partial charge in [-0.25, -0.2) is 0 Å². The van der Waals surface area contributed by atoms with E-state index in [1.807, 2.05) is 21.1 Å². The lowest BCUT2D eigenvalue weighted by Gasteiger charge is -2.30. The van der Waals surface area contributed by atoms with Gasteiger partial charge in [-0.2, -0.15) is 0 Å². The van der Waals surface area contributed by atoms with Gasteiger partial charge in [0.15, 0.2) is 0 Å². The quantitative estimate of drug-likeness (QED) is 0.0273. The molecule has 1 amide bonds. The molecule has 356 valence electrons. The number of unbranched alkanes of at least 4 members (excludes halogenated alkanes) is 30. The van der Waals surface area contributed by atoms with Crippen LogP contribution in [-0.4, -0.2) is 68.5 Å². The van der Waals surface area contributed by atoms with Crippen LogP contribution in [0.25, 0.3) is 0 Å². The summed E-state index contributed by atoms with van der Waals surface area (Å²) in [5, 5.41) is 13.7. The van der Waals surface area contributed by atoms with Crippen LogP contribution < -0.4 is 10.2 Å². The van der Waals surface area contributed by atoms with Gasteiger partial charge in [-0.3, -0.25) is 9.36 Å². The van der Waals surface area contributed by atoms with E-state index in [-0.39, 0.29) is 19.1 Å². The number of aliphatic hydroxyl groups excluding tert-OH is 1. The van der Waals surface area contributed by atoms with Crippen molar-refractivity contribution in [2.24, 2.45) is 0 Å². The van der Waals surface area contributed by atoms with E-state index in [0.29, 0.717) is 23.9 Å². The van der Waals surface area contributed by atoms with Crippen molar-refractivity contribution in [3.05, 3.63) is 24.3 Å². The Morgan fingerprint density at radius 2 is 0.967 bits per heavy atom. The topological polar surface area (TPSA) is 108 Å². The van der Waals surface area contributed by atoms with Crippen LogP contribution in [0.1, 0.15) is 245 Å². The van der Waals surface area contributed by atoms with Crippen molar-refractivity contribution in [1.29, 1.82) is 0 Å². The normalized spacial score (nSPS) is 14.3. The standard InChI is InChI=1S/C51H101N2O6P/c1-6-8-10-12-13-14-15-16-17-18-19-20-21-22-23-24-25-26-27-28-29-30-31-32-33-34-35-36-37-38-39-41-43-45-51(55)52-49(50(54)44-42-40-11-9-7-2)48-59-60(56,57)58-47-46-53(3,4)5/h15-16,18-19,49-50,54H,6-14,17,20-48H2,1-5H3,(H-,52,55,56,57)/b16-15-,19-18-. The van der Waals surface area contributed by atoms with Crippen molar-refractivity contribution >= 4 is 13.7 Å². The molecule has 0 saturated carbocycles. The lowest BCUT2D eigenvalue weighted by Crippen LogP contribution is -2.46. The Bertz CT molecular complexity index is 1030. The molecule has 0 radical (unpaired) electrons. The number of allylic oxidation sites excluding steroid dienone is 4. The first kappa shape index (κ1) is 59.0. The molecule has 0 aromatic carbocycles. The summed E-state index contributed by atoms with van der Waals surface area (Å²) in [5.41, 5.74) is 0. The number of carbonyl (C=O) groups is 1. The minimum atomic E-state index is -4.55. The smallest absolute Gasteiger partial charge is 0.268 e. The predicted octanol–water partition coefficient (Wildman–Crippen LogP) is 14.2. The molecule has 3 unspecified atom stereocenters. The van der Waals surface area contributed by atoms with Gasteiger partial charge < -0.3 is 28.8 Å². The van der Waals surface area contributed by atoms with Gasteiger partial charge in [-0.15, -0.1) is 0 Å². The maximum atomic E-state index is 12.8. The van der Waals surface area contributed by atoms with Gasteiger partial charge in [-0.05, 0) is 44.9 Å². The second-order valence-corrected chi connectivity index (χ2v) is 20.3. The number of hydrogen-bond donors (Lipinski definition) is 2. The molecule has 0 aromatic heterocycles. The summed E-state index contributed by atoms with van der Waals surface area (Å²) in [6, 6.07) is -0.793. The molecule has 9 heteroatoms. The molecule has 0 fully saturated rings. The average molecular weight is 869 g/mol. The molecule has 8 nitrogen and oxygen atoms in total. The summed E-state index contributed by atoms with van der Waals surface area (Å²) >= 11 is 0. The molecular formula is C51H101N2O6P. The second-order valence-electron chi connectivity index (χ2n) is 18.9. The molecule has 0 heterocycles. The lowest BCUT2D eigenvalue weighted by molar-refractivity contribution is -0.870. The van der Waals surface area contributed by atoms with Gasteiger partial charge in [-0.1, -0.05) is 218 Å². The lowest BCUT2D eigenvalue weighted by atomic mass is 10.0. The molecule has 0 saturated heterocycles. The number of aliphatic hydroxyl groups is 1. The van der Waals surface area contributed by atoms with E-state index >= 15 is 0 Å². The van der Waals surface area contributed by atoms with Crippen LogP contribution in [0.2, 0.25) is 0 Å². The maximum absolute atomic E-state index is 12.8. The number of likely N-dealkylation sites (N-methyl/N-ethyl adjacent to an activating group) is 1. The number of carbonyl (C=O) groups excluding carboxylic acids is 1. The number of nitrogens with zero attached hydrogens (tertiary/aromatic N) is 1. The van der Waals surface area contributed by atoms with E-state index in [4.69, 9.17) is 9.05 Å². The van der Waals surface area contributed by atoms with Crippen molar-refractivity contribution in [2.75, 3.05) is 40.9 Å². The Morgan fingerprint density at radius 3 is 1.38 bits per heavy atom. The molecule has 60 heavy (non-hydrogen) atoms. The van der Waals surface area contributed by atoms with Gasteiger partial charge in [0.05, 0.1) is 39.9 Å². The zero-order chi connectivity index (χ0) is 44.3. The monoisotopic (exact) mass is 869 g/mol. The van der Waals surface area contributed by atoms with Crippen LogP contribution >= 0.6 is 7.82 Å². The van der Waals surface area contributed by atoms with Crippen molar-refractivity contribution in [3.63, 3.8) is 0 Å². The molecule has 2 N–H and O–H groups in total. The zero-order valence-corrected chi connectivity index (χ0v) is 41.3. The molecular weight excluding hydrogens is 768 g/mol. The van der Waals surface area contributed by atoms with Gasteiger partial charge >= 0.3 is 0 Å². The molecule has 3 atom stereocenters. The van der Waals surface area contributed by atoms with E-state index in [2.05, 4.69) is 43.5 Å². The first-order valence-corrected chi connectivity index (χ1v) is 27.1. The number of phosphoric ester groups is 1. The fourth-order valence-corrected chi connectivity index (χ4v) is 8.32. The Balaban J connectivity index is 3.76.